The number of nitrogens with one attached hydrogen (secondary N) is 1. The average molecular weight is 398 g/mol. The maximum Gasteiger partial charge on any atom is 0.318 e. The number of urea groups is 1. The minimum Gasteiger partial charge on any atom is -0.497 e. The highest BCUT2D eigenvalue weighted by atomic mass is 16.5. The Kier molecular flexibility index (Phi) is 6.88. The molecule has 0 radical (unpaired) electrons. The summed E-state index contributed by atoms with van der Waals surface area (Å²) in [5, 5.41) is 3.17. The van der Waals surface area contributed by atoms with E-state index in [1.165, 1.54) is 24.8 Å². The first-order chi connectivity index (χ1) is 13.9. The largest absolute Gasteiger partial charge is 0.497 e. The monoisotopic (exact) mass is 397 g/mol. The van der Waals surface area contributed by atoms with Gasteiger partial charge in [-0.05, 0) is 63.4 Å². The quantitative estimate of drug-likeness (QED) is 0.729. The molecule has 0 unspecified atom stereocenters. The smallest absolute Gasteiger partial charge is 0.318 e. The predicted octanol–water partition coefficient (Wildman–Crippen LogP) is 5.19. The van der Waals surface area contributed by atoms with Crippen molar-refractivity contribution in [2.24, 2.45) is 0 Å². The third kappa shape index (κ3) is 6.02. The number of ether oxygens (including phenoxy) is 1. The Morgan fingerprint density at radius 1 is 1.17 bits per heavy atom. The molecular formula is C24H35N3O2. The predicted molar refractivity (Wildman–Crippen MR) is 117 cm³/mol. The van der Waals surface area contributed by atoms with E-state index >= 15 is 0 Å². The minimum absolute atomic E-state index is 0.0403. The molecule has 1 aromatic carbocycles. The van der Waals surface area contributed by atoms with Crippen LogP contribution in [0.15, 0.2) is 42.6 Å². The Hall–Kier alpha value is -2.43. The van der Waals surface area contributed by atoms with E-state index in [-0.39, 0.29) is 11.6 Å². The Bertz CT molecular complexity index is 800. The lowest BCUT2D eigenvalue weighted by Crippen LogP contribution is -2.52. The van der Waals surface area contributed by atoms with Crippen molar-refractivity contribution in [3.8, 4) is 5.75 Å². The van der Waals surface area contributed by atoms with Crippen molar-refractivity contribution in [3.05, 3.63) is 53.9 Å². The topological polar surface area (TPSA) is 46.5 Å². The summed E-state index contributed by atoms with van der Waals surface area (Å²) in [6.45, 7) is 7.50. The summed E-state index contributed by atoms with van der Waals surface area (Å²) >= 11 is 0. The van der Waals surface area contributed by atoms with Gasteiger partial charge in [0, 0.05) is 30.0 Å². The molecule has 2 aromatic rings. The molecule has 29 heavy (non-hydrogen) atoms. The van der Waals surface area contributed by atoms with Crippen molar-refractivity contribution < 1.29 is 9.53 Å². The zero-order valence-electron chi connectivity index (χ0n) is 18.3. The van der Waals surface area contributed by atoms with Gasteiger partial charge >= 0.3 is 6.03 Å². The van der Waals surface area contributed by atoms with Gasteiger partial charge in [-0.3, -0.25) is 0 Å². The molecule has 158 valence electrons. The fourth-order valence-electron chi connectivity index (χ4n) is 4.04. The molecule has 0 atom stereocenters. The number of rotatable bonds is 6. The van der Waals surface area contributed by atoms with E-state index in [0.717, 1.165) is 30.8 Å². The number of carbonyl (C=O) groups excluding carboxylic acids is 1. The van der Waals surface area contributed by atoms with E-state index in [9.17, 15) is 4.79 Å². The molecule has 0 aliphatic heterocycles. The standard InChI is InChI=1S/C24H35N3O2/c1-24(2,3)25-23(28)27(20-11-6-5-7-12-20)18-21-13-9-15-26(21)17-19-10-8-14-22(16-19)29-4/h8-10,13-16,20H,5-7,11-12,17-18H2,1-4H3,(H,25,28). The molecule has 5 nitrogen and oxygen atoms in total. The summed E-state index contributed by atoms with van der Waals surface area (Å²) in [5.41, 5.74) is 2.10. The summed E-state index contributed by atoms with van der Waals surface area (Å²) in [6.07, 6.45) is 7.96. The van der Waals surface area contributed by atoms with Gasteiger partial charge in [0.05, 0.1) is 13.7 Å². The normalized spacial score (nSPS) is 15.2. The summed E-state index contributed by atoms with van der Waals surface area (Å²) in [7, 11) is 1.69. The van der Waals surface area contributed by atoms with Crippen LogP contribution in [-0.2, 0) is 13.1 Å². The molecule has 0 bridgehead atoms. The van der Waals surface area contributed by atoms with Crippen molar-refractivity contribution in [1.29, 1.82) is 0 Å². The number of aromatic nitrogens is 1. The van der Waals surface area contributed by atoms with Gasteiger partial charge in [0.1, 0.15) is 5.75 Å². The van der Waals surface area contributed by atoms with E-state index in [2.05, 4.69) is 45.2 Å². The number of amides is 2. The maximum absolute atomic E-state index is 13.1. The molecule has 0 saturated heterocycles. The SMILES string of the molecule is COc1cccc(Cn2cccc2CN(C(=O)NC(C)(C)C)C2CCCCC2)c1. The van der Waals surface area contributed by atoms with Gasteiger partial charge in [-0.15, -0.1) is 0 Å². The van der Waals surface area contributed by atoms with Crippen LogP contribution in [0.25, 0.3) is 0 Å². The van der Waals surface area contributed by atoms with Crippen LogP contribution in [0.1, 0.15) is 64.1 Å². The second-order valence-corrected chi connectivity index (χ2v) is 9.08. The first-order valence-electron chi connectivity index (χ1n) is 10.7. The lowest BCUT2D eigenvalue weighted by molar-refractivity contribution is 0.142. The highest BCUT2D eigenvalue weighted by Gasteiger charge is 2.28. The Morgan fingerprint density at radius 3 is 2.62 bits per heavy atom. The van der Waals surface area contributed by atoms with E-state index in [4.69, 9.17) is 4.74 Å². The highest BCUT2D eigenvalue weighted by molar-refractivity contribution is 5.75. The van der Waals surface area contributed by atoms with Gasteiger partial charge < -0.3 is 19.5 Å². The molecule has 1 fully saturated rings. The van der Waals surface area contributed by atoms with E-state index in [1.807, 2.05) is 32.9 Å². The van der Waals surface area contributed by atoms with Crippen LogP contribution in [0.3, 0.4) is 0 Å². The maximum atomic E-state index is 13.1. The van der Waals surface area contributed by atoms with E-state index in [0.29, 0.717) is 12.6 Å². The molecule has 1 aromatic heterocycles. The van der Waals surface area contributed by atoms with E-state index in [1.54, 1.807) is 7.11 Å². The molecule has 1 N–H and O–H groups in total. The molecular weight excluding hydrogens is 362 g/mol. The number of methoxy groups -OCH3 is 1. The van der Waals surface area contributed by atoms with Crippen molar-refractivity contribution in [3.63, 3.8) is 0 Å². The van der Waals surface area contributed by atoms with Gasteiger partial charge in [0.25, 0.3) is 0 Å². The minimum atomic E-state index is -0.243. The van der Waals surface area contributed by atoms with Gasteiger partial charge in [-0.1, -0.05) is 31.4 Å². The van der Waals surface area contributed by atoms with Crippen LogP contribution >= 0.6 is 0 Å². The number of hydrogen-bond donors (Lipinski definition) is 1. The summed E-state index contributed by atoms with van der Waals surface area (Å²) < 4.78 is 7.59. The lowest BCUT2D eigenvalue weighted by atomic mass is 9.94. The molecule has 5 heteroatoms. The molecule has 0 spiro atoms. The second kappa shape index (κ2) is 9.38. The van der Waals surface area contributed by atoms with Gasteiger partial charge in [-0.2, -0.15) is 0 Å². The van der Waals surface area contributed by atoms with Gasteiger partial charge in [0.2, 0.25) is 0 Å². The van der Waals surface area contributed by atoms with Crippen LogP contribution in [0.2, 0.25) is 0 Å². The van der Waals surface area contributed by atoms with Crippen LogP contribution in [0.5, 0.6) is 5.75 Å². The van der Waals surface area contributed by atoms with Crippen molar-refractivity contribution in [2.45, 2.75) is 77.5 Å². The van der Waals surface area contributed by atoms with Crippen molar-refractivity contribution in [2.75, 3.05) is 7.11 Å². The number of benzene rings is 1. The van der Waals surface area contributed by atoms with Gasteiger partial charge in [-0.25, -0.2) is 4.79 Å². The first kappa shape index (κ1) is 21.3. The number of carbonyl (C=O) groups is 1. The Morgan fingerprint density at radius 2 is 1.93 bits per heavy atom. The second-order valence-electron chi connectivity index (χ2n) is 9.08. The Labute approximate surface area is 175 Å². The molecule has 2 amide bonds. The highest BCUT2D eigenvalue weighted by Crippen LogP contribution is 2.25. The Balaban J connectivity index is 1.78. The van der Waals surface area contributed by atoms with Crippen molar-refractivity contribution in [1.82, 2.24) is 14.8 Å². The third-order valence-electron chi connectivity index (χ3n) is 5.50. The molecule has 1 heterocycles. The van der Waals surface area contributed by atoms with Crippen molar-refractivity contribution >= 4 is 6.03 Å². The molecule has 1 aliphatic carbocycles. The van der Waals surface area contributed by atoms with Crippen LogP contribution in [0, 0.1) is 0 Å². The van der Waals surface area contributed by atoms with Crippen LogP contribution in [-0.4, -0.2) is 34.2 Å². The van der Waals surface area contributed by atoms with Crippen LogP contribution in [0.4, 0.5) is 4.79 Å². The fourth-order valence-corrected chi connectivity index (χ4v) is 4.04. The average Bonchev–Trinajstić information content (AvgIpc) is 3.12. The zero-order valence-corrected chi connectivity index (χ0v) is 18.3. The summed E-state index contributed by atoms with van der Waals surface area (Å²) in [6, 6.07) is 12.7. The third-order valence-corrected chi connectivity index (χ3v) is 5.50. The lowest BCUT2D eigenvalue weighted by Gasteiger charge is -2.36. The molecule has 1 aliphatic rings. The van der Waals surface area contributed by atoms with E-state index < -0.39 is 0 Å². The fraction of sp³-hybridized carbons (Fsp3) is 0.542. The first-order valence-corrected chi connectivity index (χ1v) is 10.7. The van der Waals surface area contributed by atoms with Gasteiger partial charge in [0.15, 0.2) is 0 Å². The van der Waals surface area contributed by atoms with Crippen LogP contribution < -0.4 is 10.1 Å². The summed E-state index contributed by atoms with van der Waals surface area (Å²) in [5.74, 6) is 0.865. The molecule has 3 rings (SSSR count). The zero-order chi connectivity index (χ0) is 20.9. The number of nitrogens with zero attached hydrogens (tertiary/aromatic N) is 2. The number of hydrogen-bond acceptors (Lipinski definition) is 2. The summed E-state index contributed by atoms with van der Waals surface area (Å²) in [4.78, 5) is 15.2. The molecule has 1 saturated carbocycles.